The van der Waals surface area contributed by atoms with Crippen LogP contribution in [0, 0.1) is 0 Å². The first-order chi connectivity index (χ1) is 9.21. The monoisotopic (exact) mass is 337 g/mol. The van der Waals surface area contributed by atoms with Crippen molar-refractivity contribution in [2.45, 2.75) is 17.9 Å². The number of nitrogens with zero attached hydrogens (tertiary/aromatic N) is 1. The average Bonchev–Trinajstić information content (AvgIpc) is 2.37. The Morgan fingerprint density at radius 3 is 2.57 bits per heavy atom. The van der Waals surface area contributed by atoms with Crippen molar-refractivity contribution in [3.63, 3.8) is 0 Å². The van der Waals surface area contributed by atoms with Crippen LogP contribution in [-0.2, 0) is 14.6 Å². The number of hydrogen-bond acceptors (Lipinski definition) is 5. The molecule has 0 saturated heterocycles. The predicted molar refractivity (Wildman–Crippen MR) is 82.0 cm³/mol. The van der Waals surface area contributed by atoms with E-state index in [1.165, 1.54) is 12.1 Å². The highest BCUT2D eigenvalue weighted by atomic mass is 35.5. The SMILES string of the molecule is CC(C(=O)O)N(C)CCOc1cccc(S(C)(=O)=O)c1.Cl. The number of benzene rings is 1. The third-order valence-electron chi connectivity index (χ3n) is 2.96. The van der Waals surface area contributed by atoms with Crippen LogP contribution in [0.1, 0.15) is 6.92 Å². The molecule has 1 aromatic rings. The molecule has 1 aromatic carbocycles. The van der Waals surface area contributed by atoms with Crippen molar-refractivity contribution in [1.82, 2.24) is 4.90 Å². The zero-order chi connectivity index (χ0) is 15.3. The van der Waals surface area contributed by atoms with Crippen LogP contribution in [0.2, 0.25) is 0 Å². The fourth-order valence-electron chi connectivity index (χ4n) is 1.48. The Morgan fingerprint density at radius 1 is 1.43 bits per heavy atom. The molecule has 0 aliphatic carbocycles. The van der Waals surface area contributed by atoms with Crippen LogP contribution in [0.4, 0.5) is 0 Å². The van der Waals surface area contributed by atoms with Gasteiger partial charge >= 0.3 is 5.97 Å². The van der Waals surface area contributed by atoms with Gasteiger partial charge in [0.2, 0.25) is 0 Å². The summed E-state index contributed by atoms with van der Waals surface area (Å²) in [6.45, 7) is 2.30. The molecule has 0 aromatic heterocycles. The Labute approximate surface area is 131 Å². The molecule has 0 fully saturated rings. The molecule has 0 aliphatic heterocycles. The van der Waals surface area contributed by atoms with Gasteiger partial charge in [-0.15, -0.1) is 12.4 Å². The van der Waals surface area contributed by atoms with Crippen LogP contribution in [0.3, 0.4) is 0 Å². The fraction of sp³-hybridized carbons (Fsp3) is 0.462. The second-order valence-corrected chi connectivity index (χ2v) is 6.61. The van der Waals surface area contributed by atoms with Gasteiger partial charge in [-0.05, 0) is 32.2 Å². The summed E-state index contributed by atoms with van der Waals surface area (Å²) in [7, 11) is -1.57. The largest absolute Gasteiger partial charge is 0.492 e. The number of hydrogen-bond donors (Lipinski definition) is 1. The number of carboxylic acids is 1. The summed E-state index contributed by atoms with van der Waals surface area (Å²) in [5.74, 6) is -0.448. The Bertz CT molecular complexity index is 576. The molecule has 0 radical (unpaired) electrons. The number of halogens is 1. The molecule has 0 spiro atoms. The molecule has 21 heavy (non-hydrogen) atoms. The molecule has 1 N–H and O–H groups in total. The molecule has 1 rings (SSSR count). The van der Waals surface area contributed by atoms with E-state index in [2.05, 4.69) is 0 Å². The summed E-state index contributed by atoms with van der Waals surface area (Å²) in [5.41, 5.74) is 0. The molecule has 0 aliphatic rings. The number of carboxylic acid groups (broad SMARTS) is 1. The first-order valence-corrected chi connectivity index (χ1v) is 7.97. The normalized spacial score (nSPS) is 12.6. The molecule has 0 amide bonds. The molecular weight excluding hydrogens is 318 g/mol. The fourth-order valence-corrected chi connectivity index (χ4v) is 2.14. The Hall–Kier alpha value is -1.31. The minimum Gasteiger partial charge on any atom is -0.492 e. The lowest BCUT2D eigenvalue weighted by Gasteiger charge is -2.21. The third kappa shape index (κ3) is 6.33. The van der Waals surface area contributed by atoms with Gasteiger partial charge in [-0.2, -0.15) is 0 Å². The standard InChI is InChI=1S/C13H19NO5S.ClH/c1-10(13(15)16)14(2)7-8-19-11-5-4-6-12(9-11)20(3,17)18;/h4-6,9-10H,7-8H2,1-3H3,(H,15,16);1H. The van der Waals surface area contributed by atoms with E-state index >= 15 is 0 Å². The smallest absolute Gasteiger partial charge is 0.320 e. The van der Waals surface area contributed by atoms with Crippen molar-refractivity contribution >= 4 is 28.2 Å². The van der Waals surface area contributed by atoms with Crippen molar-refractivity contribution < 1.29 is 23.1 Å². The van der Waals surface area contributed by atoms with Gasteiger partial charge in [0.05, 0.1) is 4.90 Å². The lowest BCUT2D eigenvalue weighted by atomic mass is 10.3. The zero-order valence-corrected chi connectivity index (χ0v) is 13.8. The van der Waals surface area contributed by atoms with Crippen molar-refractivity contribution in [3.8, 4) is 5.75 Å². The summed E-state index contributed by atoms with van der Waals surface area (Å²) in [4.78, 5) is 12.6. The second-order valence-electron chi connectivity index (χ2n) is 4.59. The summed E-state index contributed by atoms with van der Waals surface area (Å²) < 4.78 is 28.2. The Kier molecular flexibility index (Phi) is 7.70. The zero-order valence-electron chi connectivity index (χ0n) is 12.1. The van der Waals surface area contributed by atoms with Crippen LogP contribution in [-0.4, -0.2) is 56.9 Å². The maximum Gasteiger partial charge on any atom is 0.320 e. The molecule has 0 heterocycles. The van der Waals surface area contributed by atoms with Crippen LogP contribution in [0.25, 0.3) is 0 Å². The summed E-state index contributed by atoms with van der Waals surface area (Å²) in [6.07, 6.45) is 1.13. The average molecular weight is 338 g/mol. The molecule has 0 bridgehead atoms. The van der Waals surface area contributed by atoms with Crippen LogP contribution >= 0.6 is 12.4 Å². The molecule has 1 unspecified atom stereocenters. The van der Waals surface area contributed by atoms with Crippen molar-refractivity contribution in [3.05, 3.63) is 24.3 Å². The topological polar surface area (TPSA) is 83.9 Å². The van der Waals surface area contributed by atoms with E-state index in [9.17, 15) is 13.2 Å². The number of carbonyl (C=O) groups is 1. The minimum atomic E-state index is -3.26. The number of ether oxygens (including phenoxy) is 1. The quantitative estimate of drug-likeness (QED) is 0.807. The van der Waals surface area contributed by atoms with Gasteiger partial charge < -0.3 is 9.84 Å². The van der Waals surface area contributed by atoms with E-state index in [0.29, 0.717) is 12.3 Å². The van der Waals surface area contributed by atoms with Gasteiger partial charge in [0.25, 0.3) is 0 Å². The van der Waals surface area contributed by atoms with Gasteiger partial charge in [-0.3, -0.25) is 9.69 Å². The van der Waals surface area contributed by atoms with Gasteiger partial charge in [0.1, 0.15) is 18.4 Å². The first-order valence-electron chi connectivity index (χ1n) is 6.08. The highest BCUT2D eigenvalue weighted by molar-refractivity contribution is 7.90. The number of likely N-dealkylation sites (N-methyl/N-ethyl adjacent to an activating group) is 1. The van der Waals surface area contributed by atoms with Crippen LogP contribution < -0.4 is 4.74 Å². The van der Waals surface area contributed by atoms with Crippen molar-refractivity contribution in [1.29, 1.82) is 0 Å². The van der Waals surface area contributed by atoms with Crippen LogP contribution in [0.5, 0.6) is 5.75 Å². The summed E-state index contributed by atoms with van der Waals surface area (Å²) in [6, 6.07) is 5.63. The summed E-state index contributed by atoms with van der Waals surface area (Å²) >= 11 is 0. The molecule has 6 nitrogen and oxygen atoms in total. The third-order valence-corrected chi connectivity index (χ3v) is 4.08. The number of rotatable bonds is 7. The van der Waals surface area contributed by atoms with Gasteiger partial charge in [-0.1, -0.05) is 6.07 Å². The van der Waals surface area contributed by atoms with E-state index in [-0.39, 0.29) is 23.9 Å². The van der Waals surface area contributed by atoms with Gasteiger partial charge in [0.15, 0.2) is 9.84 Å². The maximum atomic E-state index is 11.4. The van der Waals surface area contributed by atoms with E-state index in [0.717, 1.165) is 6.26 Å². The minimum absolute atomic E-state index is 0. The highest BCUT2D eigenvalue weighted by Gasteiger charge is 2.16. The first kappa shape index (κ1) is 19.7. The maximum absolute atomic E-state index is 11.4. The highest BCUT2D eigenvalue weighted by Crippen LogP contribution is 2.17. The van der Waals surface area contributed by atoms with Gasteiger partial charge in [-0.25, -0.2) is 8.42 Å². The number of sulfone groups is 1. The molecular formula is C13H20ClNO5S. The number of aliphatic carboxylic acids is 1. The molecule has 8 heteroatoms. The predicted octanol–water partition coefficient (Wildman–Crippen LogP) is 1.30. The van der Waals surface area contributed by atoms with E-state index in [4.69, 9.17) is 9.84 Å². The Balaban J connectivity index is 0.00000400. The van der Waals surface area contributed by atoms with Crippen molar-refractivity contribution in [2.24, 2.45) is 0 Å². The summed E-state index contributed by atoms with van der Waals surface area (Å²) in [5, 5.41) is 8.85. The second kappa shape index (κ2) is 8.21. The lowest BCUT2D eigenvalue weighted by molar-refractivity contribution is -0.142. The van der Waals surface area contributed by atoms with E-state index < -0.39 is 21.8 Å². The Morgan fingerprint density at radius 2 is 2.05 bits per heavy atom. The van der Waals surface area contributed by atoms with E-state index in [1.54, 1.807) is 31.0 Å². The lowest BCUT2D eigenvalue weighted by Crippen LogP contribution is -2.38. The molecule has 1 atom stereocenters. The van der Waals surface area contributed by atoms with Crippen LogP contribution in [0.15, 0.2) is 29.2 Å². The van der Waals surface area contributed by atoms with E-state index in [1.807, 2.05) is 0 Å². The molecule has 120 valence electrons. The van der Waals surface area contributed by atoms with Gasteiger partial charge in [0, 0.05) is 12.8 Å². The molecule has 0 saturated carbocycles. The van der Waals surface area contributed by atoms with Crippen molar-refractivity contribution in [2.75, 3.05) is 26.5 Å².